The first kappa shape index (κ1) is 56.0. The van der Waals surface area contributed by atoms with Gasteiger partial charge in [-0.3, -0.25) is 0 Å². The quantitative estimate of drug-likeness (QED) is 0.142. The normalized spacial score (nSPS) is 26.7. The maximum absolute atomic E-state index is 13.0. The third-order valence-electron chi connectivity index (χ3n) is 12.1. The lowest BCUT2D eigenvalue weighted by molar-refractivity contribution is -0.158. The molecule has 15 nitrogen and oxygen atoms in total. The van der Waals surface area contributed by atoms with Gasteiger partial charge in [0.25, 0.3) is 0 Å². The van der Waals surface area contributed by atoms with Crippen molar-refractivity contribution >= 4 is 48.0 Å². The summed E-state index contributed by atoms with van der Waals surface area (Å²) in [6.45, 7) is 31.1. The fraction of sp³-hybridized carbons (Fsp3) is 0.812. The molecule has 0 radical (unpaired) electrons. The first-order valence-electron chi connectivity index (χ1n) is 23.4. The molecule has 18 heteroatoms. The van der Waals surface area contributed by atoms with Gasteiger partial charge in [-0.1, -0.05) is 34.9 Å². The highest BCUT2D eigenvalue weighted by Gasteiger charge is 2.54. The fourth-order valence-electron chi connectivity index (χ4n) is 8.92. The van der Waals surface area contributed by atoms with Crippen LogP contribution in [0, 0.1) is 0 Å². The van der Waals surface area contributed by atoms with Crippen molar-refractivity contribution in [1.29, 1.82) is 0 Å². The Kier molecular flexibility index (Phi) is 16.1. The van der Waals surface area contributed by atoms with Crippen molar-refractivity contribution in [2.75, 3.05) is 0 Å². The van der Waals surface area contributed by atoms with E-state index in [-0.39, 0.29) is 18.1 Å². The molecule has 6 atom stereocenters. The van der Waals surface area contributed by atoms with E-state index in [1.54, 1.807) is 143 Å². The van der Waals surface area contributed by atoms with E-state index in [0.29, 0.717) is 0 Å². The molecule has 0 saturated heterocycles. The third kappa shape index (κ3) is 12.2. The third-order valence-corrected chi connectivity index (χ3v) is 19.8. The Bertz CT molecular complexity index is 2030. The smallest absolute Gasteiger partial charge is 0.328 e. The van der Waals surface area contributed by atoms with Crippen LogP contribution in [0.4, 0.5) is 0 Å². The average molecular weight is 988 g/mol. The van der Waals surface area contributed by atoms with Crippen LogP contribution in [0.3, 0.4) is 0 Å². The van der Waals surface area contributed by atoms with Gasteiger partial charge in [0, 0.05) is 18.1 Å². The van der Waals surface area contributed by atoms with Gasteiger partial charge in [0.2, 0.25) is 30.1 Å². The number of sulfonamides is 3. The maximum atomic E-state index is 13.0. The topological polar surface area (TPSA) is 191 Å². The zero-order valence-electron chi connectivity index (χ0n) is 43.0. The minimum atomic E-state index is -3.60. The minimum absolute atomic E-state index is 0.179. The molecule has 0 unspecified atom stereocenters. The molecule has 0 bridgehead atoms. The van der Waals surface area contributed by atoms with E-state index in [1.807, 2.05) is 0 Å². The average Bonchev–Trinajstić information content (AvgIpc) is 3.92. The zero-order valence-corrected chi connectivity index (χ0v) is 45.5. The number of carbonyl (C=O) groups is 3. The summed E-state index contributed by atoms with van der Waals surface area (Å²) in [6, 6.07) is -3.03. The van der Waals surface area contributed by atoms with Crippen molar-refractivity contribution in [2.45, 2.75) is 250 Å². The molecule has 378 valence electrons. The van der Waals surface area contributed by atoms with E-state index >= 15 is 0 Å². The molecule has 6 rings (SSSR count). The van der Waals surface area contributed by atoms with E-state index in [9.17, 15) is 39.6 Å². The summed E-state index contributed by atoms with van der Waals surface area (Å²) in [7, 11) is -10.8. The molecule has 3 saturated carbocycles. The van der Waals surface area contributed by atoms with Crippen LogP contribution in [-0.2, 0) is 58.7 Å². The summed E-state index contributed by atoms with van der Waals surface area (Å²) in [5.41, 5.74) is 1.27. The largest absolute Gasteiger partial charge is 0.459 e. The zero-order chi connectivity index (χ0) is 50.8. The van der Waals surface area contributed by atoms with E-state index < -0.39 is 97.1 Å². The summed E-state index contributed by atoms with van der Waals surface area (Å²) >= 11 is 0. The van der Waals surface area contributed by atoms with Crippen LogP contribution in [0.2, 0.25) is 0 Å². The lowest BCUT2D eigenvalue weighted by Crippen LogP contribution is -2.52. The molecule has 0 spiro atoms. The molecule has 66 heavy (non-hydrogen) atoms. The number of esters is 3. The molecule has 3 aliphatic heterocycles. The van der Waals surface area contributed by atoms with Crippen molar-refractivity contribution in [2.24, 2.45) is 0 Å². The van der Waals surface area contributed by atoms with Crippen LogP contribution in [0.15, 0.2) is 34.9 Å². The van der Waals surface area contributed by atoms with Crippen LogP contribution >= 0.6 is 0 Å². The van der Waals surface area contributed by atoms with Gasteiger partial charge in [-0.15, -0.1) is 0 Å². The summed E-state index contributed by atoms with van der Waals surface area (Å²) in [5.74, 6) is -1.45. The Morgan fingerprint density at radius 2 is 0.606 bits per heavy atom. The molecule has 0 aromatic carbocycles. The van der Waals surface area contributed by atoms with Gasteiger partial charge in [-0.2, -0.15) is 12.9 Å². The lowest BCUT2D eigenvalue weighted by Gasteiger charge is -2.34. The summed E-state index contributed by atoms with van der Waals surface area (Å²) < 4.78 is 95.4. The first-order valence-corrected chi connectivity index (χ1v) is 27.8. The maximum Gasteiger partial charge on any atom is 0.328 e. The van der Waals surface area contributed by atoms with Crippen molar-refractivity contribution in [3.05, 3.63) is 34.9 Å². The first-order chi connectivity index (χ1) is 29.5. The molecule has 0 amide bonds. The van der Waals surface area contributed by atoms with Gasteiger partial charge in [0.05, 0.1) is 14.2 Å². The fourth-order valence-corrected chi connectivity index (χ4v) is 13.9. The lowest BCUT2D eigenvalue weighted by atomic mass is 10.1. The van der Waals surface area contributed by atoms with E-state index in [4.69, 9.17) is 14.2 Å². The predicted molar refractivity (Wildman–Crippen MR) is 258 cm³/mol. The number of ether oxygens (including phenoxy) is 3. The van der Waals surface area contributed by atoms with Gasteiger partial charge in [-0.25, -0.2) is 39.6 Å². The SMILES string of the molecule is CC(C)(C)OC(=O)[C@@H]1C=C2CCC[C@@H]2N1S(=O)(=O)C(C)(C)C.CC(C)(C)OC(=O)[C@@H]1C=C2CCC[C@@H]2N1S(=O)(=O)C(C)(C)C.CC(C)(C)OC(=O)[C@@H]1C=C2CCC[C@@H]2N1S(=O)(=O)C(C)(C)C. The van der Waals surface area contributed by atoms with Crippen LogP contribution in [0.5, 0.6) is 0 Å². The summed E-state index contributed by atoms with van der Waals surface area (Å²) in [6.07, 6.45) is 13.2. The van der Waals surface area contributed by atoms with Crippen LogP contribution in [0.25, 0.3) is 0 Å². The number of carbonyl (C=O) groups excluding carboxylic acids is 3. The number of hydrogen-bond acceptors (Lipinski definition) is 12. The molecular formula is C48H81N3O12S3. The van der Waals surface area contributed by atoms with Crippen molar-refractivity contribution in [1.82, 2.24) is 12.9 Å². The van der Waals surface area contributed by atoms with Gasteiger partial charge >= 0.3 is 17.9 Å². The van der Waals surface area contributed by atoms with Gasteiger partial charge in [0.1, 0.15) is 34.9 Å². The molecule has 3 heterocycles. The molecule has 0 aromatic heterocycles. The van der Waals surface area contributed by atoms with E-state index in [0.717, 1.165) is 74.5 Å². The summed E-state index contributed by atoms with van der Waals surface area (Å²) in [5, 5.41) is 0. The standard InChI is InChI=1S/3C16H27NO4S/c3*1-15(2,3)21-14(18)13-10-11-8-7-9-12(11)17(13)22(19,20)16(4,5)6/h3*10,12-13H,7-9H2,1-6H3/t3*12-,13-/m000/s1. The Morgan fingerprint density at radius 3 is 0.773 bits per heavy atom. The van der Waals surface area contributed by atoms with Crippen LogP contribution in [0.1, 0.15) is 182 Å². The second kappa shape index (κ2) is 18.9. The highest BCUT2D eigenvalue weighted by Crippen LogP contribution is 2.44. The van der Waals surface area contributed by atoms with E-state index in [1.165, 1.54) is 12.9 Å². The molecule has 3 aliphatic carbocycles. The van der Waals surface area contributed by atoms with Crippen molar-refractivity contribution < 1.29 is 53.8 Å². The number of rotatable bonds is 6. The van der Waals surface area contributed by atoms with Gasteiger partial charge in [-0.05, 0) is 182 Å². The van der Waals surface area contributed by atoms with Crippen molar-refractivity contribution in [3.8, 4) is 0 Å². The number of hydrogen-bond donors (Lipinski definition) is 0. The van der Waals surface area contributed by atoms with Crippen LogP contribution in [-0.4, -0.2) is 123 Å². The van der Waals surface area contributed by atoms with E-state index in [2.05, 4.69) is 0 Å². The minimum Gasteiger partial charge on any atom is -0.459 e. The highest BCUT2D eigenvalue weighted by atomic mass is 32.2. The molecule has 0 aromatic rings. The highest BCUT2D eigenvalue weighted by molar-refractivity contribution is 7.91. The Hall–Kier alpha value is -2.64. The molecule has 0 N–H and O–H groups in total. The molecule has 6 aliphatic rings. The second-order valence-electron chi connectivity index (χ2n) is 24.2. The molecule has 3 fully saturated rings. The second-order valence-corrected chi connectivity index (χ2v) is 32.0. The van der Waals surface area contributed by atoms with Gasteiger partial charge < -0.3 is 14.2 Å². The monoisotopic (exact) mass is 987 g/mol. The summed E-state index contributed by atoms with van der Waals surface area (Å²) in [4.78, 5) is 37.5. The van der Waals surface area contributed by atoms with Crippen molar-refractivity contribution in [3.63, 3.8) is 0 Å². The Labute approximate surface area is 397 Å². The van der Waals surface area contributed by atoms with Gasteiger partial charge in [0.15, 0.2) is 0 Å². The van der Waals surface area contributed by atoms with Crippen LogP contribution < -0.4 is 0 Å². The Balaban J connectivity index is 0.000000216. The number of nitrogens with zero attached hydrogens (tertiary/aromatic N) is 3. The molecular weight excluding hydrogens is 907 g/mol. The predicted octanol–water partition coefficient (Wildman–Crippen LogP) is 7.86. The number of fused-ring (bicyclic) bond motifs is 3. The Morgan fingerprint density at radius 1 is 0.409 bits per heavy atom.